The van der Waals surface area contributed by atoms with Gasteiger partial charge in [-0.2, -0.15) is 14.9 Å². The van der Waals surface area contributed by atoms with Crippen molar-refractivity contribution in [1.29, 1.82) is 0 Å². The fraction of sp³-hybridized carbons (Fsp3) is 0.190. The molecule has 0 aliphatic heterocycles. The molecule has 28 heavy (non-hydrogen) atoms. The summed E-state index contributed by atoms with van der Waals surface area (Å²) in [7, 11) is 0. The average molecular weight is 392 g/mol. The number of rotatable bonds is 7. The van der Waals surface area contributed by atoms with Crippen LogP contribution in [0.3, 0.4) is 0 Å². The lowest BCUT2D eigenvalue weighted by molar-refractivity contribution is 0.287. The van der Waals surface area contributed by atoms with Gasteiger partial charge in [-0.15, -0.1) is 6.42 Å². The predicted molar refractivity (Wildman–Crippen MR) is 111 cm³/mol. The van der Waals surface area contributed by atoms with Crippen LogP contribution in [-0.2, 0) is 6.61 Å². The highest BCUT2D eigenvalue weighted by Gasteiger charge is 2.09. The summed E-state index contributed by atoms with van der Waals surface area (Å²) in [6.45, 7) is 4.42. The lowest BCUT2D eigenvalue weighted by Gasteiger charge is -2.11. The van der Waals surface area contributed by atoms with Crippen molar-refractivity contribution in [1.82, 2.24) is 14.9 Å². The molecule has 0 atom stereocenters. The second-order valence-electron chi connectivity index (χ2n) is 6.04. The van der Waals surface area contributed by atoms with E-state index in [9.17, 15) is 0 Å². The van der Waals surface area contributed by atoms with E-state index < -0.39 is 0 Å². The molecule has 0 spiro atoms. The van der Waals surface area contributed by atoms with Gasteiger partial charge in [-0.25, -0.2) is 5.10 Å². The minimum atomic E-state index is 0.185. The van der Waals surface area contributed by atoms with Gasteiger partial charge in [-0.05, 0) is 49.3 Å². The largest absolute Gasteiger partial charge is 0.485 e. The lowest BCUT2D eigenvalue weighted by atomic mass is 10.1. The number of hydrogen-bond acceptors (Lipinski definition) is 5. The number of ether oxygens (including phenoxy) is 2. The Morgan fingerprint density at radius 3 is 2.68 bits per heavy atom. The molecule has 2 aromatic carbocycles. The van der Waals surface area contributed by atoms with Crippen molar-refractivity contribution in [2.75, 3.05) is 6.61 Å². The number of nitrogens with one attached hydrogen (secondary N) is 1. The summed E-state index contributed by atoms with van der Waals surface area (Å²) < 4.78 is 13.4. The van der Waals surface area contributed by atoms with Crippen LogP contribution in [0.5, 0.6) is 11.5 Å². The van der Waals surface area contributed by atoms with Crippen molar-refractivity contribution in [2.45, 2.75) is 20.5 Å². The Morgan fingerprint density at radius 2 is 1.93 bits per heavy atom. The van der Waals surface area contributed by atoms with Gasteiger partial charge < -0.3 is 9.47 Å². The van der Waals surface area contributed by atoms with E-state index >= 15 is 0 Å². The number of H-pyrrole nitrogens is 1. The first-order chi connectivity index (χ1) is 13.6. The first-order valence-electron chi connectivity index (χ1n) is 8.65. The fourth-order valence-corrected chi connectivity index (χ4v) is 2.86. The van der Waals surface area contributed by atoms with Crippen LogP contribution < -0.4 is 9.47 Å². The van der Waals surface area contributed by atoms with Gasteiger partial charge in [0.05, 0.1) is 6.21 Å². The fourth-order valence-electron chi connectivity index (χ4n) is 2.66. The highest BCUT2D eigenvalue weighted by atomic mass is 32.1. The van der Waals surface area contributed by atoms with Gasteiger partial charge in [0.25, 0.3) is 0 Å². The third kappa shape index (κ3) is 4.48. The van der Waals surface area contributed by atoms with Gasteiger partial charge in [0.1, 0.15) is 24.7 Å². The van der Waals surface area contributed by atoms with Crippen molar-refractivity contribution < 1.29 is 9.47 Å². The van der Waals surface area contributed by atoms with E-state index in [4.69, 9.17) is 28.1 Å². The van der Waals surface area contributed by atoms with Crippen molar-refractivity contribution >= 4 is 18.4 Å². The summed E-state index contributed by atoms with van der Waals surface area (Å²) in [5.41, 5.74) is 2.90. The number of terminal acetylenes is 1. The summed E-state index contributed by atoms with van der Waals surface area (Å²) in [6.07, 6.45) is 6.92. The predicted octanol–water partition coefficient (Wildman–Crippen LogP) is 4.03. The SMILES string of the molecule is C#CCOc1ccccc1/C=N\n1c(COc2c(C)cccc2C)n[nH]c1=S. The summed E-state index contributed by atoms with van der Waals surface area (Å²) in [6, 6.07) is 13.5. The molecule has 0 amide bonds. The zero-order valence-corrected chi connectivity index (χ0v) is 16.5. The molecule has 0 saturated carbocycles. The van der Waals surface area contributed by atoms with Crippen molar-refractivity contribution in [3.05, 3.63) is 69.8 Å². The molecule has 1 aromatic heterocycles. The Kier molecular flexibility index (Phi) is 6.25. The Balaban J connectivity index is 1.82. The third-order valence-electron chi connectivity index (χ3n) is 4.01. The standard InChI is InChI=1S/C21H20N4O2S/c1-4-12-26-18-11-6-5-10-17(18)13-22-25-19(23-24-21(25)28)14-27-20-15(2)8-7-9-16(20)3/h1,5-11,13H,12,14H2,2-3H3,(H,24,28)/b22-13-. The third-order valence-corrected chi connectivity index (χ3v) is 4.28. The molecule has 7 heteroatoms. The van der Waals surface area contributed by atoms with E-state index in [1.54, 1.807) is 6.21 Å². The molecular formula is C21H20N4O2S. The van der Waals surface area contributed by atoms with Crippen LogP contribution in [-0.4, -0.2) is 27.7 Å². The molecule has 1 heterocycles. The zero-order chi connectivity index (χ0) is 19.9. The minimum absolute atomic E-state index is 0.185. The molecule has 1 N–H and O–H groups in total. The number of aryl methyl sites for hydroxylation is 2. The summed E-state index contributed by atoms with van der Waals surface area (Å²) in [5, 5.41) is 11.4. The average Bonchev–Trinajstić information content (AvgIpc) is 3.04. The van der Waals surface area contributed by atoms with E-state index in [0.717, 1.165) is 22.4 Å². The van der Waals surface area contributed by atoms with Gasteiger partial charge in [0.15, 0.2) is 5.82 Å². The second-order valence-corrected chi connectivity index (χ2v) is 6.43. The lowest BCUT2D eigenvalue weighted by Crippen LogP contribution is -2.06. The maximum atomic E-state index is 5.97. The Morgan fingerprint density at radius 1 is 1.18 bits per heavy atom. The highest BCUT2D eigenvalue weighted by Crippen LogP contribution is 2.23. The van der Waals surface area contributed by atoms with Crippen LogP contribution in [0.25, 0.3) is 0 Å². The zero-order valence-electron chi connectivity index (χ0n) is 15.7. The van der Waals surface area contributed by atoms with E-state index in [2.05, 4.69) is 21.2 Å². The maximum absolute atomic E-state index is 5.97. The summed E-state index contributed by atoms with van der Waals surface area (Å²) >= 11 is 5.29. The molecule has 3 rings (SSSR count). The quantitative estimate of drug-likeness (QED) is 0.375. The molecular weight excluding hydrogens is 372 g/mol. The van der Waals surface area contributed by atoms with Crippen molar-refractivity contribution in [3.8, 4) is 23.8 Å². The normalized spacial score (nSPS) is 10.8. The molecule has 0 radical (unpaired) electrons. The van der Waals surface area contributed by atoms with Crippen LogP contribution in [0.15, 0.2) is 47.6 Å². The molecule has 0 aliphatic carbocycles. The first-order valence-corrected chi connectivity index (χ1v) is 9.06. The van der Waals surface area contributed by atoms with Crippen molar-refractivity contribution in [2.24, 2.45) is 5.10 Å². The molecule has 0 bridgehead atoms. The van der Waals surface area contributed by atoms with Crippen LogP contribution in [0.2, 0.25) is 0 Å². The van der Waals surface area contributed by atoms with Gasteiger partial charge in [0.2, 0.25) is 4.77 Å². The number of hydrogen-bond donors (Lipinski definition) is 1. The van der Waals surface area contributed by atoms with Crippen LogP contribution in [0, 0.1) is 31.0 Å². The molecule has 142 valence electrons. The number of para-hydroxylation sites is 2. The number of aromatic amines is 1. The van der Waals surface area contributed by atoms with Crippen LogP contribution in [0.1, 0.15) is 22.5 Å². The molecule has 0 unspecified atom stereocenters. The van der Waals surface area contributed by atoms with Gasteiger partial charge in [0, 0.05) is 5.56 Å². The Bertz CT molecular complexity index is 1070. The van der Waals surface area contributed by atoms with E-state index in [1.165, 1.54) is 4.68 Å². The van der Waals surface area contributed by atoms with E-state index in [-0.39, 0.29) is 13.2 Å². The van der Waals surface area contributed by atoms with Crippen LogP contribution >= 0.6 is 12.2 Å². The van der Waals surface area contributed by atoms with Gasteiger partial charge in [-0.1, -0.05) is 36.3 Å². The topological polar surface area (TPSA) is 64.4 Å². The number of benzene rings is 2. The van der Waals surface area contributed by atoms with Crippen molar-refractivity contribution in [3.63, 3.8) is 0 Å². The van der Waals surface area contributed by atoms with Crippen LogP contribution in [0.4, 0.5) is 0 Å². The van der Waals surface area contributed by atoms with E-state index in [1.807, 2.05) is 56.3 Å². The highest BCUT2D eigenvalue weighted by molar-refractivity contribution is 7.71. The minimum Gasteiger partial charge on any atom is -0.485 e. The Hall–Kier alpha value is -3.37. The first kappa shape index (κ1) is 19.4. The summed E-state index contributed by atoms with van der Waals surface area (Å²) in [5.74, 6) is 4.49. The second kappa shape index (κ2) is 9.02. The molecule has 0 saturated heterocycles. The number of nitrogens with zero attached hydrogens (tertiary/aromatic N) is 3. The molecule has 0 fully saturated rings. The van der Waals surface area contributed by atoms with Gasteiger partial charge in [-0.3, -0.25) is 0 Å². The van der Waals surface area contributed by atoms with Gasteiger partial charge >= 0.3 is 0 Å². The molecule has 3 aromatic rings. The molecule has 0 aliphatic rings. The monoisotopic (exact) mass is 392 g/mol. The smallest absolute Gasteiger partial charge is 0.216 e. The summed E-state index contributed by atoms with van der Waals surface area (Å²) in [4.78, 5) is 0. The number of aromatic nitrogens is 3. The Labute approximate surface area is 168 Å². The molecule has 6 nitrogen and oxygen atoms in total. The maximum Gasteiger partial charge on any atom is 0.216 e. The van der Waals surface area contributed by atoms with E-state index in [0.29, 0.717) is 16.3 Å².